The summed E-state index contributed by atoms with van der Waals surface area (Å²) in [6.45, 7) is 0.220. The summed E-state index contributed by atoms with van der Waals surface area (Å²) in [5.41, 5.74) is 6.60. The maximum Gasteiger partial charge on any atom is 0.268 e. The van der Waals surface area contributed by atoms with E-state index in [4.69, 9.17) is 10.5 Å². The monoisotopic (exact) mass is 219 g/mol. The first-order chi connectivity index (χ1) is 7.76. The zero-order valence-electron chi connectivity index (χ0n) is 8.93. The predicted molar refractivity (Wildman–Crippen MR) is 60.8 cm³/mol. The fraction of sp³-hybridized carbons (Fsp3) is 0.182. The molecule has 3 N–H and O–H groups in total. The molecule has 84 valence electrons. The molecule has 0 fully saturated rings. The lowest BCUT2D eigenvalue weighted by Gasteiger charge is -2.07. The van der Waals surface area contributed by atoms with Gasteiger partial charge in [0.05, 0.1) is 12.7 Å². The van der Waals surface area contributed by atoms with E-state index in [1.165, 1.54) is 0 Å². The summed E-state index contributed by atoms with van der Waals surface area (Å²) in [7, 11) is 1.59. The number of H-pyrrole nitrogens is 1. The van der Waals surface area contributed by atoms with E-state index >= 15 is 0 Å². The second-order valence-corrected chi connectivity index (χ2v) is 3.34. The lowest BCUT2D eigenvalue weighted by molar-refractivity contribution is 0.411. The second kappa shape index (κ2) is 4.24. The third-order valence-corrected chi connectivity index (χ3v) is 2.36. The van der Waals surface area contributed by atoms with Crippen LogP contribution in [0.25, 0.3) is 5.69 Å². The Labute approximate surface area is 92.4 Å². The van der Waals surface area contributed by atoms with Crippen LogP contribution in [0.4, 0.5) is 0 Å². The number of benzene rings is 1. The number of nitrogens with one attached hydrogen (secondary N) is 1. The number of methoxy groups -OCH3 is 1. The molecule has 0 saturated heterocycles. The zero-order valence-corrected chi connectivity index (χ0v) is 8.93. The number of aromatic amines is 1. The van der Waals surface area contributed by atoms with Gasteiger partial charge in [-0.3, -0.25) is 14.6 Å². The Morgan fingerprint density at radius 1 is 1.44 bits per heavy atom. The van der Waals surface area contributed by atoms with Crippen molar-refractivity contribution in [2.24, 2.45) is 5.73 Å². The van der Waals surface area contributed by atoms with Gasteiger partial charge in [0, 0.05) is 12.7 Å². The SMILES string of the molecule is COc1ccccc1-n1cc(CN)c(=O)[nH]1. The summed E-state index contributed by atoms with van der Waals surface area (Å²) in [4.78, 5) is 11.4. The van der Waals surface area contributed by atoms with Crippen LogP contribution in [0.1, 0.15) is 5.56 Å². The van der Waals surface area contributed by atoms with Gasteiger partial charge in [0.25, 0.3) is 5.56 Å². The molecule has 5 nitrogen and oxygen atoms in total. The fourth-order valence-corrected chi connectivity index (χ4v) is 1.53. The molecule has 1 heterocycles. The lowest BCUT2D eigenvalue weighted by Crippen LogP contribution is -2.10. The number of hydrogen-bond acceptors (Lipinski definition) is 3. The first-order valence-electron chi connectivity index (χ1n) is 4.90. The van der Waals surface area contributed by atoms with Gasteiger partial charge in [0.2, 0.25) is 0 Å². The quantitative estimate of drug-likeness (QED) is 0.795. The van der Waals surface area contributed by atoms with Gasteiger partial charge in [-0.1, -0.05) is 12.1 Å². The van der Waals surface area contributed by atoms with E-state index in [9.17, 15) is 4.79 Å². The van der Waals surface area contributed by atoms with Crippen molar-refractivity contribution >= 4 is 0 Å². The molecule has 5 heteroatoms. The van der Waals surface area contributed by atoms with Crippen molar-refractivity contribution in [1.29, 1.82) is 0 Å². The van der Waals surface area contributed by atoms with Crippen molar-refractivity contribution in [1.82, 2.24) is 9.78 Å². The predicted octanol–water partition coefficient (Wildman–Crippen LogP) is 0.633. The van der Waals surface area contributed by atoms with Crippen molar-refractivity contribution in [3.8, 4) is 11.4 Å². The van der Waals surface area contributed by atoms with Gasteiger partial charge < -0.3 is 10.5 Å². The lowest BCUT2D eigenvalue weighted by atomic mass is 10.3. The largest absolute Gasteiger partial charge is 0.494 e. The van der Waals surface area contributed by atoms with E-state index in [0.29, 0.717) is 11.3 Å². The smallest absolute Gasteiger partial charge is 0.268 e. The van der Waals surface area contributed by atoms with Crippen LogP contribution in [0, 0.1) is 0 Å². The number of rotatable bonds is 3. The van der Waals surface area contributed by atoms with Crippen molar-refractivity contribution in [3.05, 3.63) is 46.4 Å². The third kappa shape index (κ3) is 1.72. The topological polar surface area (TPSA) is 73.0 Å². The van der Waals surface area contributed by atoms with E-state index in [-0.39, 0.29) is 12.1 Å². The summed E-state index contributed by atoms with van der Waals surface area (Å²) in [5.74, 6) is 0.692. The van der Waals surface area contributed by atoms with Crippen LogP contribution in [0.5, 0.6) is 5.75 Å². The van der Waals surface area contributed by atoms with Gasteiger partial charge in [-0.2, -0.15) is 0 Å². The molecule has 0 radical (unpaired) electrons. The molecule has 1 aromatic heterocycles. The van der Waals surface area contributed by atoms with Crippen molar-refractivity contribution in [2.75, 3.05) is 7.11 Å². The summed E-state index contributed by atoms with van der Waals surface area (Å²) >= 11 is 0. The molecule has 0 spiro atoms. The average molecular weight is 219 g/mol. The Morgan fingerprint density at radius 3 is 2.81 bits per heavy atom. The number of hydrogen-bond donors (Lipinski definition) is 2. The number of aromatic nitrogens is 2. The van der Waals surface area contributed by atoms with E-state index in [1.807, 2.05) is 24.3 Å². The van der Waals surface area contributed by atoms with Crippen molar-refractivity contribution in [3.63, 3.8) is 0 Å². The van der Waals surface area contributed by atoms with E-state index in [0.717, 1.165) is 5.69 Å². The first kappa shape index (κ1) is 10.5. The second-order valence-electron chi connectivity index (χ2n) is 3.34. The van der Waals surface area contributed by atoms with Gasteiger partial charge in [0.15, 0.2) is 0 Å². The zero-order chi connectivity index (χ0) is 11.5. The molecule has 0 aliphatic carbocycles. The average Bonchev–Trinajstić information content (AvgIpc) is 2.70. The minimum absolute atomic E-state index is 0.173. The fourth-order valence-electron chi connectivity index (χ4n) is 1.53. The molecule has 16 heavy (non-hydrogen) atoms. The molecule has 1 aromatic carbocycles. The van der Waals surface area contributed by atoms with Gasteiger partial charge in [0.1, 0.15) is 11.4 Å². The van der Waals surface area contributed by atoms with Crippen molar-refractivity contribution in [2.45, 2.75) is 6.54 Å². The molecule has 0 amide bonds. The Hall–Kier alpha value is -2.01. The summed E-state index contributed by atoms with van der Waals surface area (Å²) < 4.78 is 6.82. The molecule has 0 aliphatic rings. The summed E-state index contributed by atoms with van der Waals surface area (Å²) in [6, 6.07) is 7.43. The van der Waals surface area contributed by atoms with Gasteiger partial charge in [-0.25, -0.2) is 0 Å². The van der Waals surface area contributed by atoms with Crippen LogP contribution in [0.2, 0.25) is 0 Å². The molecule has 0 unspecified atom stereocenters. The minimum atomic E-state index is -0.173. The van der Waals surface area contributed by atoms with Gasteiger partial charge >= 0.3 is 0 Å². The highest BCUT2D eigenvalue weighted by Crippen LogP contribution is 2.20. The third-order valence-electron chi connectivity index (χ3n) is 2.36. The maximum atomic E-state index is 11.4. The van der Waals surface area contributed by atoms with Crippen LogP contribution >= 0.6 is 0 Å². The van der Waals surface area contributed by atoms with Gasteiger partial charge in [-0.15, -0.1) is 0 Å². The Morgan fingerprint density at radius 2 is 2.19 bits per heavy atom. The van der Waals surface area contributed by atoms with Crippen LogP contribution in [-0.2, 0) is 6.54 Å². The molecule has 2 rings (SSSR count). The van der Waals surface area contributed by atoms with Crippen LogP contribution in [-0.4, -0.2) is 16.9 Å². The first-order valence-corrected chi connectivity index (χ1v) is 4.90. The van der Waals surface area contributed by atoms with Gasteiger partial charge in [-0.05, 0) is 12.1 Å². The highest BCUT2D eigenvalue weighted by atomic mass is 16.5. The van der Waals surface area contributed by atoms with Crippen molar-refractivity contribution < 1.29 is 4.74 Å². The highest BCUT2D eigenvalue weighted by molar-refractivity contribution is 5.46. The molecular formula is C11H13N3O2. The summed E-state index contributed by atoms with van der Waals surface area (Å²) in [6.07, 6.45) is 1.68. The van der Waals surface area contributed by atoms with Crippen LogP contribution < -0.4 is 16.0 Å². The molecule has 0 aliphatic heterocycles. The van der Waals surface area contributed by atoms with E-state index in [1.54, 1.807) is 18.0 Å². The number of para-hydroxylation sites is 2. The number of nitrogens with zero attached hydrogens (tertiary/aromatic N) is 1. The Kier molecular flexibility index (Phi) is 2.78. The maximum absolute atomic E-state index is 11.4. The van der Waals surface area contributed by atoms with E-state index < -0.39 is 0 Å². The minimum Gasteiger partial charge on any atom is -0.494 e. The molecule has 2 aromatic rings. The standard InChI is InChI=1S/C11H13N3O2/c1-16-10-5-3-2-4-9(10)14-7-8(6-12)11(15)13-14/h2-5,7H,6,12H2,1H3,(H,13,15). The van der Waals surface area contributed by atoms with Crippen LogP contribution in [0.15, 0.2) is 35.3 Å². The molecule has 0 bridgehead atoms. The van der Waals surface area contributed by atoms with E-state index in [2.05, 4.69) is 5.10 Å². The van der Waals surface area contributed by atoms with Crippen LogP contribution in [0.3, 0.4) is 0 Å². The number of ether oxygens (including phenoxy) is 1. The number of nitrogens with two attached hydrogens (primary N) is 1. The molecular weight excluding hydrogens is 206 g/mol. The Bertz CT molecular complexity index is 542. The Balaban J connectivity index is 2.54. The highest BCUT2D eigenvalue weighted by Gasteiger charge is 2.07. The summed E-state index contributed by atoms with van der Waals surface area (Å²) in [5, 5.41) is 2.69. The molecule has 0 atom stereocenters. The molecule has 0 saturated carbocycles. The normalized spacial score (nSPS) is 10.4.